The van der Waals surface area contributed by atoms with Crippen molar-refractivity contribution in [1.29, 1.82) is 0 Å². The van der Waals surface area contributed by atoms with E-state index >= 15 is 0 Å². The molecule has 1 N–H and O–H groups in total. The predicted molar refractivity (Wildman–Crippen MR) is 71.4 cm³/mol. The molecule has 0 radical (unpaired) electrons. The van der Waals surface area contributed by atoms with Crippen LogP contribution in [0.1, 0.15) is 26.0 Å². The van der Waals surface area contributed by atoms with Gasteiger partial charge in [-0.3, -0.25) is 4.68 Å². The maximum atomic E-state index is 4.43. The molecule has 1 aromatic rings. The molecule has 0 spiro atoms. The van der Waals surface area contributed by atoms with Crippen LogP contribution in [0.3, 0.4) is 0 Å². The summed E-state index contributed by atoms with van der Waals surface area (Å²) in [5.74, 6) is 0.698. The van der Waals surface area contributed by atoms with Gasteiger partial charge >= 0.3 is 0 Å². The summed E-state index contributed by atoms with van der Waals surface area (Å²) in [7, 11) is 1.99. The van der Waals surface area contributed by atoms with E-state index < -0.39 is 0 Å². The van der Waals surface area contributed by atoms with E-state index in [1.165, 1.54) is 12.1 Å². The molecule has 0 saturated carbocycles. The van der Waals surface area contributed by atoms with Gasteiger partial charge in [0.25, 0.3) is 0 Å². The van der Waals surface area contributed by atoms with Crippen LogP contribution in [0.15, 0.2) is 6.20 Å². The van der Waals surface area contributed by atoms with Gasteiger partial charge < -0.3 is 10.2 Å². The fourth-order valence-electron chi connectivity index (χ4n) is 2.83. The van der Waals surface area contributed by atoms with Crippen molar-refractivity contribution >= 4 is 5.69 Å². The first-order valence-electron chi connectivity index (χ1n) is 6.60. The lowest BCUT2D eigenvalue weighted by atomic mass is 9.93. The quantitative estimate of drug-likeness (QED) is 0.864. The number of nitrogens with one attached hydrogen (secondary N) is 1. The van der Waals surface area contributed by atoms with E-state index in [9.17, 15) is 0 Å². The second-order valence-electron chi connectivity index (χ2n) is 5.15. The molecule has 2 heterocycles. The van der Waals surface area contributed by atoms with E-state index in [0.29, 0.717) is 12.0 Å². The zero-order valence-electron chi connectivity index (χ0n) is 11.4. The summed E-state index contributed by atoms with van der Waals surface area (Å²) < 4.78 is 1.91. The number of aryl methyl sites for hydroxylation is 2. The molecule has 96 valence electrons. The molecule has 2 rings (SSSR count). The smallest absolute Gasteiger partial charge is 0.0827 e. The van der Waals surface area contributed by atoms with Crippen LogP contribution in [0.5, 0.6) is 0 Å². The van der Waals surface area contributed by atoms with Gasteiger partial charge in [0, 0.05) is 32.4 Å². The second-order valence-corrected chi connectivity index (χ2v) is 5.15. The van der Waals surface area contributed by atoms with Crippen LogP contribution >= 0.6 is 0 Å². The molecular formula is C13H24N4. The molecule has 2 atom stereocenters. The van der Waals surface area contributed by atoms with Crippen molar-refractivity contribution in [2.75, 3.05) is 24.5 Å². The van der Waals surface area contributed by atoms with Crippen molar-refractivity contribution in [3.63, 3.8) is 0 Å². The maximum absolute atomic E-state index is 4.43. The Bertz CT molecular complexity index is 371. The highest BCUT2D eigenvalue weighted by Crippen LogP contribution is 2.25. The molecule has 0 bridgehead atoms. The topological polar surface area (TPSA) is 33.1 Å². The van der Waals surface area contributed by atoms with Crippen LogP contribution < -0.4 is 10.2 Å². The summed E-state index contributed by atoms with van der Waals surface area (Å²) in [6.45, 7) is 9.95. The molecule has 1 fully saturated rings. The van der Waals surface area contributed by atoms with Crippen molar-refractivity contribution in [3.05, 3.63) is 11.9 Å². The Kier molecular flexibility index (Phi) is 3.72. The first kappa shape index (κ1) is 12.4. The monoisotopic (exact) mass is 236 g/mol. The highest BCUT2D eigenvalue weighted by Gasteiger charge is 2.26. The van der Waals surface area contributed by atoms with Crippen LogP contribution in [0.4, 0.5) is 5.69 Å². The van der Waals surface area contributed by atoms with E-state index in [2.05, 4.69) is 42.3 Å². The highest BCUT2D eigenvalue weighted by molar-refractivity contribution is 5.49. The van der Waals surface area contributed by atoms with Gasteiger partial charge in [0.05, 0.1) is 11.4 Å². The fourth-order valence-corrected chi connectivity index (χ4v) is 2.83. The largest absolute Gasteiger partial charge is 0.368 e. The third kappa shape index (κ3) is 2.63. The summed E-state index contributed by atoms with van der Waals surface area (Å²) in [5, 5.41) is 8.00. The van der Waals surface area contributed by atoms with E-state index in [0.717, 1.165) is 25.3 Å². The lowest BCUT2D eigenvalue weighted by Crippen LogP contribution is -2.48. The maximum Gasteiger partial charge on any atom is 0.0827 e. The van der Waals surface area contributed by atoms with Crippen LogP contribution in [0.2, 0.25) is 0 Å². The number of aromatic nitrogens is 2. The Balaban J connectivity index is 2.04. The minimum absolute atomic E-state index is 0.674. The van der Waals surface area contributed by atoms with Crippen molar-refractivity contribution in [2.24, 2.45) is 13.0 Å². The summed E-state index contributed by atoms with van der Waals surface area (Å²) in [4.78, 5) is 2.47. The SMILES string of the molecule is CCNC1CCN(c2cn(C)nc2C)CC1C. The second kappa shape index (κ2) is 5.08. The summed E-state index contributed by atoms with van der Waals surface area (Å²) in [6.07, 6.45) is 3.36. The normalized spacial score (nSPS) is 25.3. The molecule has 4 heteroatoms. The number of hydrogen-bond donors (Lipinski definition) is 1. The lowest BCUT2D eigenvalue weighted by molar-refractivity contribution is 0.326. The van der Waals surface area contributed by atoms with Crippen molar-refractivity contribution < 1.29 is 0 Å². The zero-order valence-corrected chi connectivity index (χ0v) is 11.4. The van der Waals surface area contributed by atoms with Crippen molar-refractivity contribution in [2.45, 2.75) is 33.2 Å². The Morgan fingerprint density at radius 1 is 1.53 bits per heavy atom. The van der Waals surface area contributed by atoms with Gasteiger partial charge in [-0.1, -0.05) is 13.8 Å². The van der Waals surface area contributed by atoms with E-state index in [4.69, 9.17) is 0 Å². The van der Waals surface area contributed by atoms with Crippen molar-refractivity contribution in [3.8, 4) is 0 Å². The van der Waals surface area contributed by atoms with Gasteiger partial charge in [-0.05, 0) is 25.8 Å². The Morgan fingerprint density at radius 3 is 2.82 bits per heavy atom. The average molecular weight is 236 g/mol. The molecule has 0 aliphatic carbocycles. The number of piperidine rings is 1. The Hall–Kier alpha value is -1.03. The first-order chi connectivity index (χ1) is 8.11. The molecule has 0 aromatic carbocycles. The average Bonchev–Trinajstić information content (AvgIpc) is 2.61. The molecule has 2 unspecified atom stereocenters. The lowest BCUT2D eigenvalue weighted by Gasteiger charge is -2.38. The Morgan fingerprint density at radius 2 is 2.29 bits per heavy atom. The molecule has 1 aliphatic heterocycles. The minimum Gasteiger partial charge on any atom is -0.368 e. The van der Waals surface area contributed by atoms with Gasteiger partial charge in [-0.25, -0.2) is 0 Å². The highest BCUT2D eigenvalue weighted by atomic mass is 15.3. The molecule has 1 saturated heterocycles. The zero-order chi connectivity index (χ0) is 12.4. The summed E-state index contributed by atoms with van der Waals surface area (Å²) >= 11 is 0. The fraction of sp³-hybridized carbons (Fsp3) is 0.769. The van der Waals surface area contributed by atoms with Crippen molar-refractivity contribution in [1.82, 2.24) is 15.1 Å². The van der Waals surface area contributed by atoms with E-state index in [1.807, 2.05) is 11.7 Å². The van der Waals surface area contributed by atoms with E-state index in [1.54, 1.807) is 0 Å². The molecule has 1 aromatic heterocycles. The Labute approximate surface area is 104 Å². The number of rotatable bonds is 3. The number of hydrogen-bond acceptors (Lipinski definition) is 3. The van der Waals surface area contributed by atoms with Gasteiger partial charge in [0.1, 0.15) is 0 Å². The summed E-state index contributed by atoms with van der Waals surface area (Å²) in [5.41, 5.74) is 2.44. The molecular weight excluding hydrogens is 212 g/mol. The van der Waals surface area contributed by atoms with Gasteiger partial charge in [0.2, 0.25) is 0 Å². The molecule has 17 heavy (non-hydrogen) atoms. The third-order valence-electron chi connectivity index (χ3n) is 3.70. The molecule has 1 aliphatic rings. The van der Waals surface area contributed by atoms with Crippen LogP contribution in [0.25, 0.3) is 0 Å². The predicted octanol–water partition coefficient (Wildman–Crippen LogP) is 1.55. The molecule has 0 amide bonds. The number of nitrogens with zero attached hydrogens (tertiary/aromatic N) is 3. The van der Waals surface area contributed by atoms with Crippen LogP contribution in [-0.2, 0) is 7.05 Å². The van der Waals surface area contributed by atoms with Crippen LogP contribution in [-0.4, -0.2) is 35.5 Å². The van der Waals surface area contributed by atoms with Gasteiger partial charge in [0.15, 0.2) is 0 Å². The standard InChI is InChI=1S/C13H24N4/c1-5-14-12-6-7-17(8-10(12)2)13-9-16(4)15-11(13)3/h9-10,12,14H,5-8H2,1-4H3. The van der Waals surface area contributed by atoms with Crippen LogP contribution in [0, 0.1) is 12.8 Å². The molecule has 4 nitrogen and oxygen atoms in total. The minimum atomic E-state index is 0.674. The van der Waals surface area contributed by atoms with Gasteiger partial charge in [-0.2, -0.15) is 5.10 Å². The van der Waals surface area contributed by atoms with Gasteiger partial charge in [-0.15, -0.1) is 0 Å². The van der Waals surface area contributed by atoms with E-state index in [-0.39, 0.29) is 0 Å². The number of anilines is 1. The first-order valence-corrected chi connectivity index (χ1v) is 6.60. The summed E-state index contributed by atoms with van der Waals surface area (Å²) in [6, 6.07) is 0.674. The third-order valence-corrected chi connectivity index (χ3v) is 3.70.